The van der Waals surface area contributed by atoms with Gasteiger partial charge in [0.1, 0.15) is 5.69 Å². The number of para-hydroxylation sites is 2. The van der Waals surface area contributed by atoms with E-state index in [1.807, 2.05) is 36.9 Å². The third kappa shape index (κ3) is 5.38. The second-order valence-corrected chi connectivity index (χ2v) is 7.73. The average Bonchev–Trinajstić information content (AvgIpc) is 2.77. The number of nitriles is 1. The van der Waals surface area contributed by atoms with Crippen LogP contribution in [-0.4, -0.2) is 55.0 Å². The lowest BCUT2D eigenvalue weighted by Gasteiger charge is -2.36. The molecule has 2 aromatic rings. The number of nitro groups is 1. The first-order valence-corrected chi connectivity index (χ1v) is 10.4. The van der Waals surface area contributed by atoms with Crippen molar-refractivity contribution in [2.24, 2.45) is 0 Å². The van der Waals surface area contributed by atoms with Crippen LogP contribution in [0.1, 0.15) is 17.5 Å². The van der Waals surface area contributed by atoms with E-state index in [1.54, 1.807) is 23.1 Å². The molecule has 31 heavy (non-hydrogen) atoms. The van der Waals surface area contributed by atoms with Crippen LogP contribution >= 0.6 is 0 Å². The SMILES string of the molecule is Cc1ccc(N(CCC#N)C(=O)CN2CCN(c3ccccc3[N+](=O)[O-])CC2)cc1C. The molecule has 8 heteroatoms. The van der Waals surface area contributed by atoms with Gasteiger partial charge in [-0.05, 0) is 43.2 Å². The summed E-state index contributed by atoms with van der Waals surface area (Å²) in [5, 5.41) is 20.3. The Balaban J connectivity index is 1.65. The first kappa shape index (κ1) is 22.2. The van der Waals surface area contributed by atoms with E-state index in [4.69, 9.17) is 5.26 Å². The van der Waals surface area contributed by atoms with E-state index in [0.29, 0.717) is 38.4 Å². The molecular formula is C23H27N5O3. The number of rotatable bonds is 7. The number of carbonyl (C=O) groups is 1. The highest BCUT2D eigenvalue weighted by Crippen LogP contribution is 2.28. The van der Waals surface area contributed by atoms with Gasteiger partial charge in [-0.2, -0.15) is 5.26 Å². The molecule has 1 fully saturated rings. The van der Waals surface area contributed by atoms with Gasteiger partial charge in [-0.3, -0.25) is 19.8 Å². The summed E-state index contributed by atoms with van der Waals surface area (Å²) in [6.45, 7) is 7.13. The molecule has 0 aromatic heterocycles. The van der Waals surface area contributed by atoms with E-state index in [1.165, 1.54) is 6.07 Å². The van der Waals surface area contributed by atoms with Gasteiger partial charge in [0, 0.05) is 44.5 Å². The maximum atomic E-state index is 13.1. The molecule has 1 aliphatic rings. The highest BCUT2D eigenvalue weighted by Gasteiger charge is 2.26. The molecule has 1 aliphatic heterocycles. The molecule has 0 spiro atoms. The molecule has 162 valence electrons. The van der Waals surface area contributed by atoms with Crippen molar-refractivity contribution < 1.29 is 9.72 Å². The molecule has 0 bridgehead atoms. The van der Waals surface area contributed by atoms with Crippen LogP contribution in [0, 0.1) is 35.3 Å². The van der Waals surface area contributed by atoms with Crippen LogP contribution in [0.2, 0.25) is 0 Å². The van der Waals surface area contributed by atoms with E-state index < -0.39 is 0 Å². The number of anilines is 2. The van der Waals surface area contributed by atoms with Gasteiger partial charge in [-0.15, -0.1) is 0 Å². The average molecular weight is 422 g/mol. The van der Waals surface area contributed by atoms with Crippen molar-refractivity contribution in [3.05, 3.63) is 63.7 Å². The van der Waals surface area contributed by atoms with E-state index in [9.17, 15) is 14.9 Å². The standard InChI is InChI=1S/C23H27N5O3/c1-18-8-9-20(16-19(18)2)27(11-5-10-24)23(29)17-25-12-14-26(15-13-25)21-6-3-4-7-22(21)28(30)31/h3-4,6-9,16H,5,11-15,17H2,1-2H3. The fourth-order valence-electron chi connectivity index (χ4n) is 3.76. The lowest BCUT2D eigenvalue weighted by atomic mass is 10.1. The van der Waals surface area contributed by atoms with Gasteiger partial charge in [0.25, 0.3) is 5.69 Å². The first-order chi connectivity index (χ1) is 14.9. The topological polar surface area (TPSA) is 93.7 Å². The van der Waals surface area contributed by atoms with Gasteiger partial charge in [0.2, 0.25) is 5.91 Å². The molecule has 3 rings (SSSR count). The summed E-state index contributed by atoms with van der Waals surface area (Å²) in [7, 11) is 0. The van der Waals surface area contributed by atoms with Crippen molar-refractivity contribution in [3.63, 3.8) is 0 Å². The summed E-state index contributed by atoms with van der Waals surface area (Å²) in [5.74, 6) is -0.0438. The van der Waals surface area contributed by atoms with Gasteiger partial charge >= 0.3 is 0 Å². The summed E-state index contributed by atoms with van der Waals surface area (Å²) in [5.41, 5.74) is 3.78. The zero-order valence-electron chi connectivity index (χ0n) is 18.0. The third-order valence-electron chi connectivity index (χ3n) is 5.70. The quantitative estimate of drug-likeness (QED) is 0.503. The number of hydrogen-bond acceptors (Lipinski definition) is 6. The Kier molecular flexibility index (Phi) is 7.21. The van der Waals surface area contributed by atoms with Gasteiger partial charge in [0.15, 0.2) is 0 Å². The fourth-order valence-corrected chi connectivity index (χ4v) is 3.76. The molecule has 0 unspecified atom stereocenters. The Morgan fingerprint density at radius 3 is 2.48 bits per heavy atom. The molecule has 0 atom stereocenters. The summed E-state index contributed by atoms with van der Waals surface area (Å²) in [6.07, 6.45) is 0.268. The largest absolute Gasteiger partial charge is 0.363 e. The molecular weight excluding hydrogens is 394 g/mol. The van der Waals surface area contributed by atoms with Crippen LogP contribution in [0.3, 0.4) is 0 Å². The Bertz CT molecular complexity index is 993. The zero-order valence-corrected chi connectivity index (χ0v) is 18.0. The predicted molar refractivity (Wildman–Crippen MR) is 120 cm³/mol. The first-order valence-electron chi connectivity index (χ1n) is 10.4. The molecule has 0 N–H and O–H groups in total. The molecule has 2 aromatic carbocycles. The minimum absolute atomic E-state index is 0.0438. The normalized spacial score (nSPS) is 14.2. The van der Waals surface area contributed by atoms with Crippen LogP contribution in [-0.2, 0) is 4.79 Å². The van der Waals surface area contributed by atoms with Gasteiger partial charge < -0.3 is 9.80 Å². The minimum Gasteiger partial charge on any atom is -0.363 e. The molecule has 0 aliphatic carbocycles. The Hall–Kier alpha value is -3.44. The summed E-state index contributed by atoms with van der Waals surface area (Å²) in [6, 6.07) is 14.8. The van der Waals surface area contributed by atoms with E-state index in [0.717, 1.165) is 16.8 Å². The van der Waals surface area contributed by atoms with Crippen molar-refractivity contribution in [2.45, 2.75) is 20.3 Å². The number of nitro benzene ring substituents is 1. The monoisotopic (exact) mass is 421 g/mol. The maximum Gasteiger partial charge on any atom is 0.292 e. The number of aryl methyl sites for hydroxylation is 2. The number of amides is 1. The van der Waals surface area contributed by atoms with Crippen molar-refractivity contribution in [1.82, 2.24) is 4.90 Å². The van der Waals surface area contributed by atoms with Gasteiger partial charge in [-0.25, -0.2) is 0 Å². The van der Waals surface area contributed by atoms with Crippen LogP contribution in [0.25, 0.3) is 0 Å². The number of benzene rings is 2. The van der Waals surface area contributed by atoms with Crippen LogP contribution in [0.15, 0.2) is 42.5 Å². The molecule has 0 radical (unpaired) electrons. The van der Waals surface area contributed by atoms with Crippen LogP contribution in [0.5, 0.6) is 0 Å². The van der Waals surface area contributed by atoms with Crippen molar-refractivity contribution in [2.75, 3.05) is 49.1 Å². The minimum atomic E-state index is -0.359. The third-order valence-corrected chi connectivity index (χ3v) is 5.70. The molecule has 0 saturated carbocycles. The number of carbonyl (C=O) groups excluding carboxylic acids is 1. The summed E-state index contributed by atoms with van der Waals surface area (Å²) in [4.78, 5) is 29.8. The summed E-state index contributed by atoms with van der Waals surface area (Å²) < 4.78 is 0. The molecule has 8 nitrogen and oxygen atoms in total. The number of hydrogen-bond donors (Lipinski definition) is 0. The number of nitrogens with zero attached hydrogens (tertiary/aromatic N) is 5. The highest BCUT2D eigenvalue weighted by molar-refractivity contribution is 5.95. The molecule has 1 heterocycles. The lowest BCUT2D eigenvalue weighted by Crippen LogP contribution is -2.50. The van der Waals surface area contributed by atoms with Crippen LogP contribution < -0.4 is 9.80 Å². The number of piperazine rings is 1. The van der Waals surface area contributed by atoms with E-state index in [-0.39, 0.29) is 29.5 Å². The lowest BCUT2D eigenvalue weighted by molar-refractivity contribution is -0.384. The summed E-state index contributed by atoms with van der Waals surface area (Å²) >= 11 is 0. The molecule has 1 saturated heterocycles. The van der Waals surface area contributed by atoms with Gasteiger partial charge in [-0.1, -0.05) is 18.2 Å². The Morgan fingerprint density at radius 1 is 1.13 bits per heavy atom. The predicted octanol–water partition coefficient (Wildman–Crippen LogP) is 3.28. The zero-order chi connectivity index (χ0) is 22.4. The molecule has 1 amide bonds. The second kappa shape index (κ2) is 10.0. The van der Waals surface area contributed by atoms with Gasteiger partial charge in [0.05, 0.1) is 24.0 Å². The highest BCUT2D eigenvalue weighted by atomic mass is 16.6. The van der Waals surface area contributed by atoms with Crippen molar-refractivity contribution >= 4 is 23.0 Å². The second-order valence-electron chi connectivity index (χ2n) is 7.73. The van der Waals surface area contributed by atoms with Crippen molar-refractivity contribution in [1.29, 1.82) is 5.26 Å². The Labute approximate surface area is 182 Å². The maximum absolute atomic E-state index is 13.1. The fraction of sp³-hybridized carbons (Fsp3) is 0.391. The van der Waals surface area contributed by atoms with Crippen molar-refractivity contribution in [3.8, 4) is 6.07 Å². The smallest absolute Gasteiger partial charge is 0.292 e. The Morgan fingerprint density at radius 2 is 1.84 bits per heavy atom. The van der Waals surface area contributed by atoms with E-state index >= 15 is 0 Å². The van der Waals surface area contributed by atoms with Crippen LogP contribution in [0.4, 0.5) is 17.1 Å². The van der Waals surface area contributed by atoms with E-state index in [2.05, 4.69) is 11.0 Å².